The molecule has 0 bridgehead atoms. The molecule has 5 aliphatic heterocycles. The van der Waals surface area contributed by atoms with Gasteiger partial charge in [0.2, 0.25) is 6.29 Å². The van der Waals surface area contributed by atoms with Crippen LogP contribution < -0.4 is 0 Å². The Morgan fingerprint density at radius 2 is 0.961 bits per heavy atom. The molecule has 8 fully saturated rings. The van der Waals surface area contributed by atoms with Crippen LogP contribution in [0.4, 0.5) is 0 Å². The number of carbonyl (C=O) groups excluding carboxylic acids is 1. The van der Waals surface area contributed by atoms with E-state index in [1.807, 2.05) is 0 Å². The largest absolute Gasteiger partial charge is 0.432 e. The van der Waals surface area contributed by atoms with E-state index in [0.717, 1.165) is 0 Å². The van der Waals surface area contributed by atoms with E-state index in [-0.39, 0.29) is 24.2 Å². The third-order valence-electron chi connectivity index (χ3n) is 17.9. The lowest BCUT2D eigenvalue weighted by Crippen LogP contribution is -2.67. The summed E-state index contributed by atoms with van der Waals surface area (Å²) in [4.78, 5) is 14.6. The molecule has 77 heavy (non-hydrogen) atoms. The summed E-state index contributed by atoms with van der Waals surface area (Å²) in [5, 5.41) is 179. The van der Waals surface area contributed by atoms with Gasteiger partial charge < -0.3 is 134 Å². The Labute approximate surface area is 442 Å². The Kier molecular flexibility index (Phi) is 19.8. The lowest BCUT2D eigenvalue weighted by molar-refractivity contribution is -0.394. The van der Waals surface area contributed by atoms with Crippen molar-refractivity contribution in [1.82, 2.24) is 0 Å². The fraction of sp³-hybridized carbons (Fsp3) is 0.939. The van der Waals surface area contributed by atoms with Crippen LogP contribution in [-0.4, -0.2) is 285 Å². The van der Waals surface area contributed by atoms with Crippen molar-refractivity contribution in [3.63, 3.8) is 0 Å². The van der Waals surface area contributed by atoms with Gasteiger partial charge in [0.1, 0.15) is 122 Å². The molecule has 0 amide bonds. The van der Waals surface area contributed by atoms with Crippen molar-refractivity contribution in [1.29, 1.82) is 0 Å². The van der Waals surface area contributed by atoms with E-state index >= 15 is 0 Å². The van der Waals surface area contributed by atoms with Crippen LogP contribution in [0.2, 0.25) is 0 Å². The first kappa shape index (κ1) is 61.2. The molecule has 8 rings (SSSR count). The van der Waals surface area contributed by atoms with Crippen molar-refractivity contribution in [2.24, 2.45) is 28.6 Å². The summed E-state index contributed by atoms with van der Waals surface area (Å²) >= 11 is 0. The quantitative estimate of drug-likeness (QED) is 0.0535. The van der Waals surface area contributed by atoms with Crippen molar-refractivity contribution in [2.75, 3.05) is 33.0 Å². The number of fused-ring (bicyclic) bond motifs is 3. The highest BCUT2D eigenvalue weighted by Crippen LogP contribution is 2.64. The lowest BCUT2D eigenvalue weighted by atomic mass is 9.45. The maximum atomic E-state index is 14.6. The molecule has 0 aromatic carbocycles. The number of ether oxygens (including phenoxy) is 10. The zero-order valence-corrected chi connectivity index (χ0v) is 42.7. The van der Waals surface area contributed by atoms with Crippen molar-refractivity contribution in [3.05, 3.63) is 12.2 Å². The van der Waals surface area contributed by atoms with Crippen LogP contribution in [0.25, 0.3) is 0 Å². The molecule has 3 aliphatic carbocycles. The van der Waals surface area contributed by atoms with E-state index < -0.39 is 209 Å². The van der Waals surface area contributed by atoms with Crippen LogP contribution in [0, 0.1) is 28.6 Å². The molecule has 5 heterocycles. The van der Waals surface area contributed by atoms with Gasteiger partial charge in [0, 0.05) is 0 Å². The molecule has 444 valence electrons. The fourth-order valence-corrected chi connectivity index (χ4v) is 13.4. The van der Waals surface area contributed by atoms with Crippen molar-refractivity contribution in [3.8, 4) is 0 Å². The molecule has 0 radical (unpaired) electrons. The number of aliphatic hydroxyl groups excluding tert-OH is 17. The highest BCUT2D eigenvalue weighted by Gasteiger charge is 2.62. The second-order valence-electron chi connectivity index (χ2n) is 22.6. The van der Waals surface area contributed by atoms with E-state index in [0.29, 0.717) is 50.5 Å². The Bertz CT molecular complexity index is 1950. The first-order chi connectivity index (χ1) is 36.4. The van der Waals surface area contributed by atoms with Gasteiger partial charge in [-0.1, -0.05) is 19.9 Å². The van der Waals surface area contributed by atoms with Gasteiger partial charge >= 0.3 is 5.97 Å². The maximum Gasteiger partial charge on any atom is 0.314 e. The number of hydrogen-bond donors (Lipinski definition) is 17. The summed E-state index contributed by atoms with van der Waals surface area (Å²) in [6, 6.07) is 0. The summed E-state index contributed by atoms with van der Waals surface area (Å²) < 4.78 is 58.9. The molecule has 28 unspecified atom stereocenters. The first-order valence-electron chi connectivity index (χ1n) is 26.5. The molecule has 3 saturated carbocycles. The predicted molar refractivity (Wildman–Crippen MR) is 249 cm³/mol. The van der Waals surface area contributed by atoms with Gasteiger partial charge in [-0.25, -0.2) is 0 Å². The standard InChI is InChI=1S/C49H80O28/c1-17-11-18-5-8-26-48(2,9-4-10-49(26,3)47(67)77-45-39(66)35(62)30(57)25(74-45)16-68-42-36(63)32(59)27(54)21(12-50)70-42)19(18)6-7-20(17)69-46-41(76-44-38(65)34(61)29(56)23(14-52)72-44)40(31(58)24(15-53)73-46)75-43-37(64)33(60)28(55)22(13-51)71-43/h18-46,50-66H,1,4-16H2,2-3H3/t18?,19-,20?,21?,22?,23?,24?,25?,26?,27?,28?,29?,30?,31?,32?,33?,34?,35?,36?,37?,38?,39?,40?,41?,42?,43?,44?,45?,46?,48+,49-/m1/s1. The van der Waals surface area contributed by atoms with Gasteiger partial charge in [0.25, 0.3) is 0 Å². The van der Waals surface area contributed by atoms with Crippen LogP contribution in [-0.2, 0) is 52.2 Å². The van der Waals surface area contributed by atoms with Gasteiger partial charge in [-0.2, -0.15) is 0 Å². The minimum atomic E-state index is -1.98. The molecule has 0 spiro atoms. The van der Waals surface area contributed by atoms with Crippen LogP contribution in [0.15, 0.2) is 12.2 Å². The normalized spacial score (nSPS) is 52.7. The van der Waals surface area contributed by atoms with Gasteiger partial charge in [-0.15, -0.1) is 0 Å². The molecular formula is C49H80O28. The third-order valence-corrected chi connectivity index (χ3v) is 17.9. The Hall–Kier alpha value is -1.83. The second-order valence-corrected chi connectivity index (χ2v) is 22.6. The summed E-state index contributed by atoms with van der Waals surface area (Å²) in [5.74, 6) is -1.06. The zero-order chi connectivity index (χ0) is 56.2. The van der Waals surface area contributed by atoms with Gasteiger partial charge in [-0.3, -0.25) is 4.79 Å². The highest BCUT2D eigenvalue weighted by atomic mass is 16.8. The number of esters is 1. The van der Waals surface area contributed by atoms with Crippen molar-refractivity contribution < 1.29 is 139 Å². The van der Waals surface area contributed by atoms with E-state index in [9.17, 15) is 91.6 Å². The highest BCUT2D eigenvalue weighted by molar-refractivity contribution is 5.77. The molecule has 31 atom stereocenters. The number of hydrogen-bond acceptors (Lipinski definition) is 28. The van der Waals surface area contributed by atoms with E-state index in [1.165, 1.54) is 0 Å². The molecule has 28 nitrogen and oxygen atoms in total. The molecule has 0 aromatic heterocycles. The zero-order valence-electron chi connectivity index (χ0n) is 42.7. The summed E-state index contributed by atoms with van der Waals surface area (Å²) in [6.07, 6.45) is -40.3. The lowest BCUT2D eigenvalue weighted by Gasteiger charge is -2.59. The molecular weight excluding hydrogens is 1040 g/mol. The number of rotatable bonds is 15. The fourth-order valence-electron chi connectivity index (χ4n) is 13.4. The minimum absolute atomic E-state index is 0.0167. The number of aliphatic hydroxyl groups is 17. The Balaban J connectivity index is 0.986. The second kappa shape index (κ2) is 24.9. The molecule has 28 heteroatoms. The summed E-state index contributed by atoms with van der Waals surface area (Å²) in [6.45, 7) is 4.43. The topological polar surface area (TPSA) is 453 Å². The summed E-state index contributed by atoms with van der Waals surface area (Å²) in [7, 11) is 0. The smallest absolute Gasteiger partial charge is 0.314 e. The predicted octanol–water partition coefficient (Wildman–Crippen LogP) is -7.43. The average Bonchev–Trinajstić information content (AvgIpc) is 3.62. The van der Waals surface area contributed by atoms with Crippen molar-refractivity contribution >= 4 is 5.97 Å². The minimum Gasteiger partial charge on any atom is -0.432 e. The van der Waals surface area contributed by atoms with Gasteiger partial charge in [0.15, 0.2) is 25.2 Å². The average molecular weight is 1120 g/mol. The van der Waals surface area contributed by atoms with E-state index in [1.54, 1.807) is 6.92 Å². The van der Waals surface area contributed by atoms with E-state index in [2.05, 4.69) is 13.5 Å². The monoisotopic (exact) mass is 1120 g/mol. The molecule has 5 saturated heterocycles. The molecule has 0 aromatic rings. The summed E-state index contributed by atoms with van der Waals surface area (Å²) in [5.41, 5.74) is -1.06. The van der Waals surface area contributed by atoms with E-state index in [4.69, 9.17) is 47.4 Å². The third kappa shape index (κ3) is 11.8. The van der Waals surface area contributed by atoms with Crippen LogP contribution >= 0.6 is 0 Å². The Morgan fingerprint density at radius 3 is 1.51 bits per heavy atom. The van der Waals surface area contributed by atoms with Gasteiger partial charge in [0.05, 0.1) is 44.6 Å². The maximum absolute atomic E-state index is 14.6. The number of carbonyl (C=O) groups is 1. The van der Waals surface area contributed by atoms with Crippen LogP contribution in [0.3, 0.4) is 0 Å². The van der Waals surface area contributed by atoms with Crippen LogP contribution in [0.1, 0.15) is 65.2 Å². The van der Waals surface area contributed by atoms with Crippen LogP contribution in [0.5, 0.6) is 0 Å². The SMILES string of the molecule is C=C1CC2CCC3[C@](C)(C(=O)OC4OC(COC5OC(CO)C(O)C(O)C5O)C(O)C(O)C4O)CCC[C@@]3(C)[C@@H]2CCC1OC1OC(CO)C(O)C(OC2OC(CO)C(O)C(O)C2O)C1OC1OC(CO)C(O)C(O)C1O. The molecule has 8 aliphatic rings. The Morgan fingerprint density at radius 1 is 0.506 bits per heavy atom. The van der Waals surface area contributed by atoms with Gasteiger partial charge in [-0.05, 0) is 80.6 Å². The van der Waals surface area contributed by atoms with Crippen molar-refractivity contribution in [2.45, 2.75) is 225 Å². The first-order valence-corrected chi connectivity index (χ1v) is 26.5. The molecule has 17 N–H and O–H groups in total.